The van der Waals surface area contributed by atoms with E-state index in [1.807, 2.05) is 0 Å². The Hall–Kier alpha value is -0.0800. The van der Waals surface area contributed by atoms with Crippen molar-refractivity contribution in [2.45, 2.75) is 31.7 Å². The standard InChI is InChI=1S/C8H16N2/c1-3-8-4-2-6-10(8)7-9-5-1/h8-9H,1-7H2/t8-/m0/s1. The number of nitrogens with zero attached hydrogens (tertiary/aromatic N) is 1. The van der Waals surface area contributed by atoms with Crippen LogP contribution in [-0.2, 0) is 0 Å². The molecular formula is C8H16N2. The van der Waals surface area contributed by atoms with E-state index in [1.165, 1.54) is 38.8 Å². The molecule has 0 bridgehead atoms. The molecule has 0 aromatic rings. The van der Waals surface area contributed by atoms with E-state index in [0.29, 0.717) is 0 Å². The van der Waals surface area contributed by atoms with Gasteiger partial charge in [-0.3, -0.25) is 4.90 Å². The minimum atomic E-state index is 0.926. The molecule has 0 aliphatic carbocycles. The first-order valence-corrected chi connectivity index (χ1v) is 4.41. The highest BCUT2D eigenvalue weighted by Crippen LogP contribution is 2.21. The highest BCUT2D eigenvalue weighted by molar-refractivity contribution is 4.80. The molecule has 1 atom stereocenters. The third-order valence-corrected chi connectivity index (χ3v) is 2.70. The van der Waals surface area contributed by atoms with Crippen LogP contribution < -0.4 is 5.32 Å². The molecule has 2 saturated heterocycles. The largest absolute Gasteiger partial charge is 0.304 e. The number of rotatable bonds is 0. The van der Waals surface area contributed by atoms with Gasteiger partial charge in [0.1, 0.15) is 0 Å². The van der Waals surface area contributed by atoms with Crippen molar-refractivity contribution in [1.29, 1.82) is 0 Å². The number of fused-ring (bicyclic) bond motifs is 1. The monoisotopic (exact) mass is 140 g/mol. The third-order valence-electron chi connectivity index (χ3n) is 2.70. The van der Waals surface area contributed by atoms with Gasteiger partial charge in [-0.15, -0.1) is 0 Å². The Bertz CT molecular complexity index is 102. The highest BCUT2D eigenvalue weighted by atomic mass is 15.3. The van der Waals surface area contributed by atoms with Crippen LogP contribution in [0.2, 0.25) is 0 Å². The van der Waals surface area contributed by atoms with Gasteiger partial charge < -0.3 is 5.32 Å². The van der Waals surface area contributed by atoms with Gasteiger partial charge >= 0.3 is 0 Å². The van der Waals surface area contributed by atoms with Gasteiger partial charge in [0.2, 0.25) is 0 Å². The predicted octanol–water partition coefficient (Wildman–Crippen LogP) is 0.792. The summed E-state index contributed by atoms with van der Waals surface area (Å²) in [5.41, 5.74) is 0. The molecular weight excluding hydrogens is 124 g/mol. The molecule has 2 aliphatic rings. The summed E-state index contributed by atoms with van der Waals surface area (Å²) in [4.78, 5) is 2.59. The summed E-state index contributed by atoms with van der Waals surface area (Å²) in [6.45, 7) is 3.70. The van der Waals surface area contributed by atoms with E-state index in [1.54, 1.807) is 0 Å². The first kappa shape index (κ1) is 6.62. The minimum absolute atomic E-state index is 0.926. The normalized spacial score (nSPS) is 35.4. The van der Waals surface area contributed by atoms with Crippen molar-refractivity contribution >= 4 is 0 Å². The quantitative estimate of drug-likeness (QED) is 0.535. The first-order valence-electron chi connectivity index (χ1n) is 4.41. The molecule has 2 fully saturated rings. The van der Waals surface area contributed by atoms with Gasteiger partial charge in [0.15, 0.2) is 0 Å². The Balaban J connectivity index is 1.95. The Kier molecular flexibility index (Phi) is 1.91. The maximum atomic E-state index is 3.44. The second-order valence-electron chi connectivity index (χ2n) is 3.41. The molecule has 0 unspecified atom stereocenters. The second kappa shape index (κ2) is 2.89. The smallest absolute Gasteiger partial charge is 0.0483 e. The zero-order valence-corrected chi connectivity index (χ0v) is 6.47. The van der Waals surface area contributed by atoms with Crippen molar-refractivity contribution < 1.29 is 0 Å². The predicted molar refractivity (Wildman–Crippen MR) is 41.8 cm³/mol. The van der Waals surface area contributed by atoms with E-state index in [-0.39, 0.29) is 0 Å². The minimum Gasteiger partial charge on any atom is -0.304 e. The Morgan fingerprint density at radius 2 is 2.10 bits per heavy atom. The Labute approximate surface area is 62.6 Å². The van der Waals surface area contributed by atoms with E-state index in [0.717, 1.165) is 12.7 Å². The van der Waals surface area contributed by atoms with Gasteiger partial charge in [-0.1, -0.05) is 0 Å². The molecule has 58 valence electrons. The van der Waals surface area contributed by atoms with Crippen LogP contribution in [0.15, 0.2) is 0 Å². The summed E-state index contributed by atoms with van der Waals surface area (Å²) in [5, 5.41) is 3.44. The van der Waals surface area contributed by atoms with E-state index in [9.17, 15) is 0 Å². The van der Waals surface area contributed by atoms with E-state index < -0.39 is 0 Å². The van der Waals surface area contributed by atoms with Crippen molar-refractivity contribution in [2.75, 3.05) is 19.8 Å². The fourth-order valence-electron chi connectivity index (χ4n) is 2.12. The van der Waals surface area contributed by atoms with Crippen molar-refractivity contribution in [1.82, 2.24) is 10.2 Å². The average Bonchev–Trinajstić information content (AvgIpc) is 2.28. The van der Waals surface area contributed by atoms with Crippen LogP contribution in [0.1, 0.15) is 25.7 Å². The van der Waals surface area contributed by atoms with Crippen molar-refractivity contribution in [3.63, 3.8) is 0 Å². The fourth-order valence-corrected chi connectivity index (χ4v) is 2.12. The maximum Gasteiger partial charge on any atom is 0.0483 e. The molecule has 0 saturated carbocycles. The van der Waals surface area contributed by atoms with Gasteiger partial charge in [-0.25, -0.2) is 0 Å². The van der Waals surface area contributed by atoms with Crippen LogP contribution in [-0.4, -0.2) is 30.7 Å². The van der Waals surface area contributed by atoms with Gasteiger partial charge in [-0.05, 0) is 38.8 Å². The first-order chi connectivity index (χ1) is 4.97. The van der Waals surface area contributed by atoms with Crippen molar-refractivity contribution in [2.24, 2.45) is 0 Å². The summed E-state index contributed by atoms with van der Waals surface area (Å²) in [7, 11) is 0. The molecule has 2 rings (SSSR count). The molecule has 2 heteroatoms. The molecule has 2 nitrogen and oxygen atoms in total. The third kappa shape index (κ3) is 1.18. The Morgan fingerprint density at radius 1 is 1.20 bits per heavy atom. The molecule has 0 amide bonds. The lowest BCUT2D eigenvalue weighted by molar-refractivity contribution is 0.249. The molecule has 0 spiro atoms. The fraction of sp³-hybridized carbons (Fsp3) is 1.00. The average molecular weight is 140 g/mol. The summed E-state index contributed by atoms with van der Waals surface area (Å²) in [5.74, 6) is 0. The van der Waals surface area contributed by atoms with Crippen LogP contribution in [0.3, 0.4) is 0 Å². The second-order valence-corrected chi connectivity index (χ2v) is 3.41. The molecule has 0 aromatic carbocycles. The summed E-state index contributed by atoms with van der Waals surface area (Å²) < 4.78 is 0. The lowest BCUT2D eigenvalue weighted by Crippen LogP contribution is -2.34. The van der Waals surface area contributed by atoms with Crippen LogP contribution in [0.25, 0.3) is 0 Å². The molecule has 2 heterocycles. The zero-order valence-electron chi connectivity index (χ0n) is 6.47. The highest BCUT2D eigenvalue weighted by Gasteiger charge is 2.24. The lowest BCUT2D eigenvalue weighted by Gasteiger charge is -2.20. The number of nitrogens with one attached hydrogen (secondary N) is 1. The molecule has 0 aromatic heterocycles. The number of hydrogen-bond acceptors (Lipinski definition) is 2. The van der Waals surface area contributed by atoms with E-state index >= 15 is 0 Å². The van der Waals surface area contributed by atoms with Crippen molar-refractivity contribution in [3.8, 4) is 0 Å². The topological polar surface area (TPSA) is 15.3 Å². The van der Waals surface area contributed by atoms with Gasteiger partial charge in [0.05, 0.1) is 0 Å². The van der Waals surface area contributed by atoms with Crippen molar-refractivity contribution in [3.05, 3.63) is 0 Å². The van der Waals surface area contributed by atoms with Gasteiger partial charge in [0, 0.05) is 12.7 Å². The molecule has 0 radical (unpaired) electrons. The zero-order chi connectivity index (χ0) is 6.81. The van der Waals surface area contributed by atoms with Crippen LogP contribution in [0, 0.1) is 0 Å². The van der Waals surface area contributed by atoms with Crippen LogP contribution in [0.5, 0.6) is 0 Å². The number of hydrogen-bond donors (Lipinski definition) is 1. The molecule has 10 heavy (non-hydrogen) atoms. The SMILES string of the molecule is C1CNCN2CCC[C@@H]2C1. The molecule has 2 aliphatic heterocycles. The van der Waals surface area contributed by atoms with E-state index in [4.69, 9.17) is 0 Å². The van der Waals surface area contributed by atoms with Crippen LogP contribution in [0.4, 0.5) is 0 Å². The lowest BCUT2D eigenvalue weighted by atomic mass is 10.1. The van der Waals surface area contributed by atoms with E-state index in [2.05, 4.69) is 10.2 Å². The van der Waals surface area contributed by atoms with Crippen LogP contribution >= 0.6 is 0 Å². The van der Waals surface area contributed by atoms with Gasteiger partial charge in [0.25, 0.3) is 0 Å². The molecule has 1 N–H and O–H groups in total. The van der Waals surface area contributed by atoms with Gasteiger partial charge in [-0.2, -0.15) is 0 Å². The summed E-state index contributed by atoms with van der Waals surface area (Å²) in [6.07, 6.45) is 5.67. The summed E-state index contributed by atoms with van der Waals surface area (Å²) in [6, 6.07) is 0.926. The summed E-state index contributed by atoms with van der Waals surface area (Å²) >= 11 is 0. The maximum absolute atomic E-state index is 3.44. The Morgan fingerprint density at radius 3 is 3.10 bits per heavy atom.